The van der Waals surface area contributed by atoms with Gasteiger partial charge in [-0.3, -0.25) is 9.69 Å². The molecule has 2 unspecified atom stereocenters. The van der Waals surface area contributed by atoms with Crippen LogP contribution in [0.5, 0.6) is 0 Å². The standard InChI is InChI=1S/C21H24N4O.ClH/c1-2-25-18-6-4-3-5-14(18)15-9-13(7-8-19(15)25)23-20(26)12-24-10-16-17(11-24)21(16)22;/h3-9,16-17,21H,2,10-12,22H2,1H3,(H,23,26);1H. The summed E-state index contributed by atoms with van der Waals surface area (Å²) in [5.74, 6) is 1.28. The quantitative estimate of drug-likeness (QED) is 0.726. The second kappa shape index (κ2) is 6.82. The van der Waals surface area contributed by atoms with Crippen LogP contribution in [0, 0.1) is 11.8 Å². The van der Waals surface area contributed by atoms with Gasteiger partial charge in [-0.15, -0.1) is 12.4 Å². The van der Waals surface area contributed by atoms with E-state index >= 15 is 0 Å². The second-order valence-corrected chi connectivity index (χ2v) is 7.64. The number of nitrogens with two attached hydrogens (primary N) is 1. The molecule has 2 aliphatic rings. The van der Waals surface area contributed by atoms with Crippen molar-refractivity contribution in [1.82, 2.24) is 9.47 Å². The monoisotopic (exact) mass is 384 g/mol. The smallest absolute Gasteiger partial charge is 0.238 e. The summed E-state index contributed by atoms with van der Waals surface area (Å²) in [4.78, 5) is 14.7. The molecule has 1 aromatic heterocycles. The van der Waals surface area contributed by atoms with Crippen molar-refractivity contribution >= 4 is 45.8 Å². The Balaban J connectivity index is 0.00000180. The lowest BCUT2D eigenvalue weighted by Crippen LogP contribution is -2.35. The fourth-order valence-electron chi connectivity index (χ4n) is 4.66. The van der Waals surface area contributed by atoms with Crippen molar-refractivity contribution in [2.75, 3.05) is 25.0 Å². The highest BCUT2D eigenvalue weighted by atomic mass is 35.5. The molecule has 27 heavy (non-hydrogen) atoms. The number of hydrogen-bond acceptors (Lipinski definition) is 3. The number of aryl methyl sites for hydroxylation is 1. The van der Waals surface area contributed by atoms with Crippen LogP contribution in [-0.4, -0.2) is 41.1 Å². The molecule has 1 aliphatic heterocycles. The normalized spacial score (nSPS) is 24.0. The van der Waals surface area contributed by atoms with Crippen molar-refractivity contribution in [3.63, 3.8) is 0 Å². The van der Waals surface area contributed by atoms with Gasteiger partial charge in [-0.2, -0.15) is 0 Å². The summed E-state index contributed by atoms with van der Waals surface area (Å²) in [6, 6.07) is 15.0. The minimum Gasteiger partial charge on any atom is -0.341 e. The number of amides is 1. The van der Waals surface area contributed by atoms with E-state index in [4.69, 9.17) is 5.73 Å². The van der Waals surface area contributed by atoms with Gasteiger partial charge in [0, 0.05) is 53.2 Å². The predicted molar refractivity (Wildman–Crippen MR) is 112 cm³/mol. The Morgan fingerprint density at radius 1 is 1.11 bits per heavy atom. The Bertz CT molecular complexity index is 1000. The lowest BCUT2D eigenvalue weighted by Gasteiger charge is -2.18. The molecule has 0 spiro atoms. The van der Waals surface area contributed by atoms with Crippen molar-refractivity contribution in [3.8, 4) is 0 Å². The van der Waals surface area contributed by atoms with Gasteiger partial charge in [-0.25, -0.2) is 0 Å². The van der Waals surface area contributed by atoms with Gasteiger partial charge in [-0.1, -0.05) is 18.2 Å². The molecule has 3 N–H and O–H groups in total. The fraction of sp³-hybridized carbons (Fsp3) is 0.381. The molecule has 5 nitrogen and oxygen atoms in total. The number of nitrogens with zero attached hydrogens (tertiary/aromatic N) is 2. The number of anilines is 1. The van der Waals surface area contributed by atoms with Crippen LogP contribution in [-0.2, 0) is 11.3 Å². The largest absolute Gasteiger partial charge is 0.341 e. The van der Waals surface area contributed by atoms with Crippen molar-refractivity contribution in [3.05, 3.63) is 42.5 Å². The first-order chi connectivity index (χ1) is 12.7. The molecule has 6 heteroatoms. The molecule has 1 saturated carbocycles. The number of rotatable bonds is 4. The van der Waals surface area contributed by atoms with Gasteiger partial charge in [0.15, 0.2) is 0 Å². The molecule has 1 aliphatic carbocycles. The number of benzene rings is 2. The number of carbonyl (C=O) groups excluding carboxylic acids is 1. The van der Waals surface area contributed by atoms with Gasteiger partial charge in [0.05, 0.1) is 6.54 Å². The van der Waals surface area contributed by atoms with Gasteiger partial charge in [-0.05, 0) is 43.0 Å². The van der Waals surface area contributed by atoms with E-state index in [1.807, 2.05) is 6.07 Å². The molecule has 2 fully saturated rings. The number of fused-ring (bicyclic) bond motifs is 4. The van der Waals surface area contributed by atoms with Crippen LogP contribution in [0.3, 0.4) is 0 Å². The number of halogens is 1. The minimum absolute atomic E-state index is 0. The minimum atomic E-state index is 0. The average Bonchev–Trinajstić information content (AvgIpc) is 3.00. The second-order valence-electron chi connectivity index (χ2n) is 7.64. The van der Waals surface area contributed by atoms with Gasteiger partial charge in [0.25, 0.3) is 0 Å². The fourth-order valence-corrected chi connectivity index (χ4v) is 4.66. The third kappa shape index (κ3) is 3.00. The van der Waals surface area contributed by atoms with Gasteiger partial charge in [0.1, 0.15) is 0 Å². The Kier molecular flexibility index (Phi) is 4.62. The Morgan fingerprint density at radius 2 is 1.81 bits per heavy atom. The molecule has 1 saturated heterocycles. The van der Waals surface area contributed by atoms with E-state index in [2.05, 4.69) is 58.1 Å². The summed E-state index contributed by atoms with van der Waals surface area (Å²) >= 11 is 0. The molecule has 0 bridgehead atoms. The molecule has 142 valence electrons. The molecule has 1 amide bonds. The number of hydrogen-bond donors (Lipinski definition) is 2. The summed E-state index contributed by atoms with van der Waals surface area (Å²) in [5.41, 5.74) is 9.28. The number of aromatic nitrogens is 1. The van der Waals surface area contributed by atoms with E-state index < -0.39 is 0 Å². The highest BCUT2D eigenvalue weighted by Crippen LogP contribution is 2.43. The maximum atomic E-state index is 12.4. The van der Waals surface area contributed by atoms with Gasteiger partial charge in [0.2, 0.25) is 5.91 Å². The maximum absolute atomic E-state index is 12.4. The zero-order valence-electron chi connectivity index (χ0n) is 15.4. The molecule has 5 rings (SSSR count). The number of para-hydroxylation sites is 1. The Morgan fingerprint density at radius 3 is 2.56 bits per heavy atom. The summed E-state index contributed by atoms with van der Waals surface area (Å²) in [7, 11) is 0. The first-order valence-corrected chi connectivity index (χ1v) is 9.44. The molecular weight excluding hydrogens is 360 g/mol. The number of likely N-dealkylation sites (tertiary alicyclic amines) is 1. The number of nitrogens with one attached hydrogen (secondary N) is 1. The Hall–Kier alpha value is -2.08. The zero-order chi connectivity index (χ0) is 17.8. The molecule has 2 heterocycles. The van der Waals surface area contributed by atoms with Crippen molar-refractivity contribution < 1.29 is 4.79 Å². The number of piperidine rings is 1. The van der Waals surface area contributed by atoms with Crippen molar-refractivity contribution in [2.24, 2.45) is 17.6 Å². The van der Waals surface area contributed by atoms with Crippen LogP contribution in [0.1, 0.15) is 6.92 Å². The van der Waals surface area contributed by atoms with Crippen LogP contribution < -0.4 is 11.1 Å². The van der Waals surface area contributed by atoms with E-state index in [9.17, 15) is 4.79 Å². The predicted octanol–water partition coefficient (Wildman–Crippen LogP) is 3.06. The van der Waals surface area contributed by atoms with Crippen molar-refractivity contribution in [2.45, 2.75) is 19.5 Å². The van der Waals surface area contributed by atoms with E-state index in [1.54, 1.807) is 0 Å². The SMILES string of the molecule is CCn1c2ccccc2c2cc(NC(=O)CN3CC4C(N)C4C3)ccc21.Cl. The summed E-state index contributed by atoms with van der Waals surface area (Å²) in [6.45, 7) is 5.46. The summed E-state index contributed by atoms with van der Waals surface area (Å²) in [6.07, 6.45) is 0. The molecule has 2 atom stereocenters. The van der Waals surface area contributed by atoms with E-state index in [0.717, 1.165) is 25.3 Å². The van der Waals surface area contributed by atoms with Gasteiger partial charge >= 0.3 is 0 Å². The lowest BCUT2D eigenvalue weighted by atomic mass is 10.1. The first-order valence-electron chi connectivity index (χ1n) is 9.44. The summed E-state index contributed by atoms with van der Waals surface area (Å²) in [5, 5.41) is 5.49. The summed E-state index contributed by atoms with van der Waals surface area (Å²) < 4.78 is 2.32. The van der Waals surface area contributed by atoms with E-state index in [-0.39, 0.29) is 18.3 Å². The first kappa shape index (κ1) is 18.3. The highest BCUT2D eigenvalue weighted by molar-refractivity contribution is 6.09. The van der Waals surface area contributed by atoms with E-state index in [0.29, 0.717) is 24.4 Å². The molecule has 3 aromatic rings. The van der Waals surface area contributed by atoms with E-state index in [1.165, 1.54) is 21.8 Å². The number of carbonyl (C=O) groups is 1. The lowest BCUT2D eigenvalue weighted by molar-refractivity contribution is -0.117. The topological polar surface area (TPSA) is 63.3 Å². The maximum Gasteiger partial charge on any atom is 0.238 e. The molecule has 0 radical (unpaired) electrons. The van der Waals surface area contributed by atoms with Crippen LogP contribution in [0.4, 0.5) is 5.69 Å². The highest BCUT2D eigenvalue weighted by Gasteiger charge is 2.53. The molecule has 2 aromatic carbocycles. The zero-order valence-corrected chi connectivity index (χ0v) is 16.2. The van der Waals surface area contributed by atoms with Crippen LogP contribution in [0.2, 0.25) is 0 Å². The van der Waals surface area contributed by atoms with Crippen LogP contribution in [0.25, 0.3) is 21.8 Å². The van der Waals surface area contributed by atoms with Gasteiger partial charge < -0.3 is 15.6 Å². The third-order valence-electron chi connectivity index (χ3n) is 6.08. The van der Waals surface area contributed by atoms with Crippen molar-refractivity contribution in [1.29, 1.82) is 0 Å². The van der Waals surface area contributed by atoms with Crippen LogP contribution in [0.15, 0.2) is 42.5 Å². The Labute approximate surface area is 164 Å². The average molecular weight is 385 g/mol. The molecular formula is C21H25ClN4O. The van der Waals surface area contributed by atoms with Crippen LogP contribution >= 0.6 is 12.4 Å². The third-order valence-corrected chi connectivity index (χ3v) is 6.08.